The van der Waals surface area contributed by atoms with E-state index in [4.69, 9.17) is 28.4 Å². The predicted molar refractivity (Wildman–Crippen MR) is 233 cm³/mol. The van der Waals surface area contributed by atoms with E-state index in [1.54, 1.807) is 64.2 Å². The Kier molecular flexibility index (Phi) is 19.6. The molecule has 4 aromatic rings. The van der Waals surface area contributed by atoms with E-state index in [1.165, 1.54) is 0 Å². The summed E-state index contributed by atoms with van der Waals surface area (Å²) in [5.74, 6) is 5.14. The average molecular weight is 833 g/mol. The van der Waals surface area contributed by atoms with Crippen molar-refractivity contribution >= 4 is 57.7 Å². The van der Waals surface area contributed by atoms with E-state index in [0.29, 0.717) is 86.4 Å². The van der Waals surface area contributed by atoms with Gasteiger partial charge in [0.15, 0.2) is 35.4 Å². The maximum atomic E-state index is 12.5. The van der Waals surface area contributed by atoms with E-state index in [9.17, 15) is 9.59 Å². The van der Waals surface area contributed by atoms with Crippen molar-refractivity contribution in [3.63, 3.8) is 0 Å². The number of benzene rings is 2. The first-order valence-electron chi connectivity index (χ1n) is 19.1. The summed E-state index contributed by atoms with van der Waals surface area (Å²) in [4.78, 5) is 25.0. The lowest BCUT2D eigenvalue weighted by Gasteiger charge is -2.13. The molecule has 0 aliphatic carbocycles. The molecular weight excluding hydrogens is 777 g/mol. The highest BCUT2D eigenvalue weighted by atomic mass is 33.1. The summed E-state index contributed by atoms with van der Waals surface area (Å²) >= 11 is 0. The summed E-state index contributed by atoms with van der Waals surface area (Å²) in [5.41, 5.74) is 3.79. The molecule has 2 aromatic carbocycles. The van der Waals surface area contributed by atoms with Gasteiger partial charge in [-0.15, -0.1) is 0 Å². The van der Waals surface area contributed by atoms with Crippen molar-refractivity contribution in [3.05, 3.63) is 95.6 Å². The lowest BCUT2D eigenvalue weighted by atomic mass is 10.1. The van der Waals surface area contributed by atoms with Gasteiger partial charge in [-0.2, -0.15) is 9.13 Å². The van der Waals surface area contributed by atoms with Crippen molar-refractivity contribution < 1.29 is 47.1 Å². The van der Waals surface area contributed by atoms with Crippen LogP contribution in [-0.4, -0.2) is 79.1 Å². The maximum absolute atomic E-state index is 12.5. The van der Waals surface area contributed by atoms with Crippen LogP contribution in [0.5, 0.6) is 34.5 Å². The van der Waals surface area contributed by atoms with Crippen LogP contribution in [0.2, 0.25) is 0 Å². The van der Waals surface area contributed by atoms with Gasteiger partial charge in [0.1, 0.15) is 13.1 Å². The number of rotatable bonds is 25. The molecular formula is C44H56N4O8S2+2. The number of aryl methyl sites for hydroxylation is 2. The third kappa shape index (κ3) is 13.9. The Hall–Kier alpha value is -5.34. The fraction of sp³-hybridized carbons (Fsp3) is 0.364. The molecule has 14 heteroatoms. The predicted octanol–water partition coefficient (Wildman–Crippen LogP) is 6.53. The Morgan fingerprint density at radius 2 is 1.07 bits per heavy atom. The maximum Gasteiger partial charge on any atom is 0.220 e. The zero-order valence-corrected chi connectivity index (χ0v) is 35.9. The summed E-state index contributed by atoms with van der Waals surface area (Å²) in [6, 6.07) is 19.6. The molecule has 0 saturated carbocycles. The molecule has 2 aromatic heterocycles. The molecule has 0 bridgehead atoms. The molecule has 0 aliphatic rings. The van der Waals surface area contributed by atoms with Gasteiger partial charge in [0.05, 0.1) is 42.7 Å². The van der Waals surface area contributed by atoms with Crippen molar-refractivity contribution in [1.29, 1.82) is 0 Å². The van der Waals surface area contributed by atoms with Gasteiger partial charge in [-0.25, -0.2) is 0 Å². The third-order valence-corrected chi connectivity index (χ3v) is 11.4. The van der Waals surface area contributed by atoms with E-state index < -0.39 is 0 Å². The number of carbonyl (C=O) groups excluding carboxylic acids is 2. The number of methoxy groups -OCH3 is 6. The second kappa shape index (κ2) is 25.1. The molecule has 0 unspecified atom stereocenters. The molecule has 2 N–H and O–H groups in total. The minimum Gasteiger partial charge on any atom is -0.493 e. The molecule has 2 heterocycles. The largest absolute Gasteiger partial charge is 0.493 e. The SMILES string of the molecule is COc1cc(C=Cc2cccc[n+]2CCCC(=O)NCCSSCCNC(=O)CCC[n+]2ccccc2C=Cc2ccc(OC)c(OC)c2OC)cc(OC)c1OC. The normalized spacial score (nSPS) is 11.1. The van der Waals surface area contributed by atoms with E-state index >= 15 is 0 Å². The van der Waals surface area contributed by atoms with Gasteiger partial charge in [-0.05, 0) is 54.1 Å². The van der Waals surface area contributed by atoms with Gasteiger partial charge < -0.3 is 39.1 Å². The average Bonchev–Trinajstić information content (AvgIpc) is 3.25. The van der Waals surface area contributed by atoms with Crippen LogP contribution >= 0.6 is 21.6 Å². The Balaban J connectivity index is 1.08. The Bertz CT molecular complexity index is 1970. The third-order valence-electron chi connectivity index (χ3n) is 8.96. The monoisotopic (exact) mass is 832 g/mol. The van der Waals surface area contributed by atoms with Crippen LogP contribution in [0.3, 0.4) is 0 Å². The number of nitrogens with zero attached hydrogens (tertiary/aromatic N) is 2. The fourth-order valence-corrected chi connectivity index (χ4v) is 7.89. The number of aromatic nitrogens is 2. The summed E-state index contributed by atoms with van der Waals surface area (Å²) in [6.45, 7) is 2.61. The van der Waals surface area contributed by atoms with Gasteiger partial charge in [0, 0.05) is 92.3 Å². The lowest BCUT2D eigenvalue weighted by molar-refractivity contribution is -0.699. The standard InChI is InChI=1S/C44H54N4O8S2/c1-51-37-22-19-34(42(54-4)44(37)56-6)18-21-36-14-8-10-26-48(36)28-12-16-41(50)46-24-30-58-57-29-23-45-40(49)15-11-27-47-25-9-7-13-35(47)20-17-33-31-38(52-2)43(55-5)39(32-33)53-3/h7-10,13-14,17-22,25-26,31-32H,11-12,15-16,23-24,27-30H2,1-6H3/p+2. The molecule has 4 rings (SSSR count). The molecule has 0 radical (unpaired) electrons. The smallest absolute Gasteiger partial charge is 0.220 e. The van der Waals surface area contributed by atoms with Crippen LogP contribution in [0.1, 0.15) is 48.2 Å². The number of pyridine rings is 2. The molecule has 0 atom stereocenters. The molecule has 310 valence electrons. The van der Waals surface area contributed by atoms with E-state index in [0.717, 1.165) is 34.0 Å². The van der Waals surface area contributed by atoms with Crippen molar-refractivity contribution in [3.8, 4) is 34.5 Å². The lowest BCUT2D eigenvalue weighted by Crippen LogP contribution is -2.37. The van der Waals surface area contributed by atoms with E-state index in [1.807, 2.05) is 97.4 Å². The van der Waals surface area contributed by atoms with Crippen LogP contribution in [0.25, 0.3) is 24.3 Å². The Morgan fingerprint density at radius 3 is 1.55 bits per heavy atom. The highest BCUT2D eigenvalue weighted by Gasteiger charge is 2.16. The van der Waals surface area contributed by atoms with Gasteiger partial charge in [-0.3, -0.25) is 9.59 Å². The van der Waals surface area contributed by atoms with Crippen molar-refractivity contribution in [2.45, 2.75) is 38.8 Å². The van der Waals surface area contributed by atoms with E-state index in [2.05, 4.69) is 19.8 Å². The van der Waals surface area contributed by atoms with Gasteiger partial charge in [-0.1, -0.05) is 21.6 Å². The summed E-state index contributed by atoms with van der Waals surface area (Å²) in [5, 5.41) is 6.04. The molecule has 2 amide bonds. The first-order chi connectivity index (χ1) is 28.3. The summed E-state index contributed by atoms with van der Waals surface area (Å²) in [6.07, 6.45) is 14.4. The number of amides is 2. The van der Waals surface area contributed by atoms with Crippen molar-refractivity contribution in [2.24, 2.45) is 0 Å². The van der Waals surface area contributed by atoms with Gasteiger partial charge >= 0.3 is 0 Å². The molecule has 0 aliphatic heterocycles. The van der Waals surface area contributed by atoms with Gasteiger partial charge in [0.25, 0.3) is 0 Å². The second-order valence-corrected chi connectivity index (χ2v) is 15.4. The Morgan fingerprint density at radius 1 is 0.569 bits per heavy atom. The second-order valence-electron chi connectivity index (χ2n) is 12.7. The highest BCUT2D eigenvalue weighted by molar-refractivity contribution is 8.76. The zero-order chi connectivity index (χ0) is 41.5. The minimum absolute atomic E-state index is 0.0388. The Labute approximate surface area is 350 Å². The van der Waals surface area contributed by atoms with Crippen molar-refractivity contribution in [1.82, 2.24) is 10.6 Å². The van der Waals surface area contributed by atoms with Gasteiger partial charge in [0.2, 0.25) is 34.7 Å². The number of carbonyl (C=O) groups is 2. The van der Waals surface area contributed by atoms with Crippen molar-refractivity contribution in [2.75, 3.05) is 67.3 Å². The number of hydrogen-bond donors (Lipinski definition) is 2. The number of hydrogen-bond acceptors (Lipinski definition) is 10. The number of nitrogens with one attached hydrogen (secondary N) is 2. The summed E-state index contributed by atoms with van der Waals surface area (Å²) in [7, 11) is 12.9. The molecule has 0 saturated heterocycles. The van der Waals surface area contributed by atoms with E-state index in [-0.39, 0.29) is 11.8 Å². The first-order valence-corrected chi connectivity index (χ1v) is 21.5. The van der Waals surface area contributed by atoms with Crippen LogP contribution in [0.15, 0.2) is 73.1 Å². The topological polar surface area (TPSA) is 121 Å². The first kappa shape index (κ1) is 45.4. The molecule has 0 fully saturated rings. The van der Waals surface area contributed by atoms with Crippen LogP contribution < -0.4 is 48.2 Å². The summed E-state index contributed by atoms with van der Waals surface area (Å²) < 4.78 is 37.2. The molecule has 0 spiro atoms. The molecule has 12 nitrogen and oxygen atoms in total. The zero-order valence-electron chi connectivity index (χ0n) is 34.3. The number of ether oxygens (including phenoxy) is 6. The van der Waals surface area contributed by atoms with Crippen LogP contribution in [0.4, 0.5) is 0 Å². The van der Waals surface area contributed by atoms with Crippen LogP contribution in [-0.2, 0) is 22.7 Å². The fourth-order valence-electron chi connectivity index (χ4n) is 6.08. The quantitative estimate of drug-likeness (QED) is 0.0434. The molecule has 58 heavy (non-hydrogen) atoms. The minimum atomic E-state index is 0.0388. The highest BCUT2D eigenvalue weighted by Crippen LogP contribution is 2.41. The van der Waals surface area contributed by atoms with Crippen LogP contribution in [0, 0.1) is 0 Å².